The van der Waals surface area contributed by atoms with Crippen LogP contribution in [0.5, 0.6) is 0 Å². The maximum absolute atomic E-state index is 13.4. The molecule has 1 aliphatic heterocycles. The van der Waals surface area contributed by atoms with Crippen LogP contribution < -0.4 is 10.6 Å². The van der Waals surface area contributed by atoms with Gasteiger partial charge in [-0.25, -0.2) is 0 Å². The van der Waals surface area contributed by atoms with E-state index in [1.54, 1.807) is 0 Å². The van der Waals surface area contributed by atoms with Crippen LogP contribution in [-0.2, 0) is 9.59 Å². The Bertz CT molecular complexity index is 743. The highest BCUT2D eigenvalue weighted by molar-refractivity contribution is 5.80. The van der Waals surface area contributed by atoms with Crippen LogP contribution in [0.25, 0.3) is 0 Å². The lowest BCUT2D eigenvalue weighted by Crippen LogP contribution is -2.54. The van der Waals surface area contributed by atoms with E-state index in [9.17, 15) is 9.59 Å². The average Bonchev–Trinajstić information content (AvgIpc) is 3.13. The first kappa shape index (κ1) is 46.8. The predicted molar refractivity (Wildman–Crippen MR) is 217 cm³/mol. The molecule has 0 aliphatic carbocycles. The van der Waals surface area contributed by atoms with Gasteiger partial charge in [-0.2, -0.15) is 0 Å². The first-order valence-electron chi connectivity index (χ1n) is 22.3. The van der Waals surface area contributed by atoms with Crippen molar-refractivity contribution >= 4 is 11.8 Å². The molecule has 0 aromatic carbocycles. The van der Waals surface area contributed by atoms with Gasteiger partial charge in [-0.15, -0.1) is 0 Å². The van der Waals surface area contributed by atoms with Crippen LogP contribution in [0.4, 0.5) is 0 Å². The molecular weight excluding hydrogens is 619 g/mol. The fourth-order valence-electron chi connectivity index (χ4n) is 7.20. The minimum atomic E-state index is 0.179. The molecule has 2 amide bonds. The summed E-state index contributed by atoms with van der Waals surface area (Å²) in [6.45, 7) is 15.3. The van der Waals surface area contributed by atoms with Crippen LogP contribution in [0.3, 0.4) is 0 Å². The molecule has 0 unspecified atom stereocenters. The third kappa shape index (κ3) is 28.4. The van der Waals surface area contributed by atoms with Gasteiger partial charge in [0.05, 0.1) is 13.1 Å². The van der Waals surface area contributed by atoms with Crippen molar-refractivity contribution in [3.05, 3.63) is 0 Å². The van der Waals surface area contributed by atoms with Crippen molar-refractivity contribution in [2.24, 2.45) is 0 Å². The largest absolute Gasteiger partial charge is 0.338 e. The lowest BCUT2D eigenvalue weighted by Gasteiger charge is -2.36. The predicted octanol–water partition coefficient (Wildman–Crippen LogP) is 9.73. The number of hydrogen-bond donors (Lipinski definition) is 2. The molecule has 0 atom stereocenters. The van der Waals surface area contributed by atoms with Crippen LogP contribution in [0, 0.1) is 0 Å². The van der Waals surface area contributed by atoms with Crippen LogP contribution in [0.15, 0.2) is 0 Å². The summed E-state index contributed by atoms with van der Waals surface area (Å²) in [5.41, 5.74) is 0. The maximum Gasteiger partial charge on any atom is 0.236 e. The molecule has 1 aliphatic rings. The number of carbonyl (C=O) groups is 2. The molecule has 1 fully saturated rings. The quantitative estimate of drug-likeness (QED) is 0.0630. The van der Waals surface area contributed by atoms with Gasteiger partial charge in [0.2, 0.25) is 11.8 Å². The lowest BCUT2D eigenvalue weighted by molar-refractivity contribution is -0.139. The molecule has 7 heteroatoms. The lowest BCUT2D eigenvalue weighted by atomic mass is 10.1. The molecule has 50 heavy (non-hydrogen) atoms. The van der Waals surface area contributed by atoms with Crippen molar-refractivity contribution in [3.63, 3.8) is 0 Å². The average molecular weight is 706 g/mol. The zero-order valence-electron chi connectivity index (χ0n) is 34.0. The fraction of sp³-hybridized carbons (Fsp3) is 0.953. The monoisotopic (exact) mass is 706 g/mol. The van der Waals surface area contributed by atoms with Crippen molar-refractivity contribution in [1.82, 2.24) is 25.3 Å². The topological polar surface area (TPSA) is 67.9 Å². The van der Waals surface area contributed by atoms with Crippen LogP contribution in [0.2, 0.25) is 0 Å². The van der Waals surface area contributed by atoms with Crippen LogP contribution >= 0.6 is 0 Å². The molecule has 0 spiro atoms. The number of carbonyl (C=O) groups excluding carboxylic acids is 2. The molecule has 0 bridgehead atoms. The highest BCUT2D eigenvalue weighted by Crippen LogP contribution is 2.12. The molecule has 296 valence electrons. The number of amides is 2. The number of unbranched alkanes of at least 4 members (excludes halogenated alkanes) is 24. The zero-order chi connectivity index (χ0) is 36.2. The Kier molecular flexibility index (Phi) is 33.9. The number of rotatable bonds is 37. The second-order valence-electron chi connectivity index (χ2n) is 15.4. The Morgan fingerprint density at radius 2 is 0.780 bits per heavy atom. The first-order valence-corrected chi connectivity index (χ1v) is 22.3. The van der Waals surface area contributed by atoms with E-state index in [-0.39, 0.29) is 11.8 Å². The summed E-state index contributed by atoms with van der Waals surface area (Å²) < 4.78 is 0. The summed E-state index contributed by atoms with van der Waals surface area (Å²) in [4.78, 5) is 32.5. The van der Waals surface area contributed by atoms with Gasteiger partial charge >= 0.3 is 0 Å². The molecule has 2 N–H and O–H groups in total. The molecule has 0 radical (unpaired) electrons. The SMILES string of the molecule is CCCCCCCCCCCCNCCN(CCCCCCCCC)CC(=O)N1CCN(C(=O)CNCCCCCCCCCCCC)CC1. The summed E-state index contributed by atoms with van der Waals surface area (Å²) >= 11 is 0. The Morgan fingerprint density at radius 1 is 0.420 bits per heavy atom. The van der Waals surface area contributed by atoms with Gasteiger partial charge in [-0.05, 0) is 38.9 Å². The number of nitrogens with zero attached hydrogens (tertiary/aromatic N) is 3. The third-order valence-electron chi connectivity index (χ3n) is 10.7. The number of nitrogens with one attached hydrogen (secondary N) is 2. The van der Waals surface area contributed by atoms with Gasteiger partial charge in [-0.3, -0.25) is 14.5 Å². The van der Waals surface area contributed by atoms with Crippen molar-refractivity contribution in [2.75, 3.05) is 72.0 Å². The molecular formula is C43H87N5O2. The van der Waals surface area contributed by atoms with Gasteiger partial charge in [-0.1, -0.05) is 175 Å². The summed E-state index contributed by atoms with van der Waals surface area (Å²) in [5.74, 6) is 0.409. The smallest absolute Gasteiger partial charge is 0.236 e. The van der Waals surface area contributed by atoms with Crippen molar-refractivity contribution in [2.45, 2.75) is 194 Å². The normalized spacial score (nSPS) is 13.5. The highest BCUT2D eigenvalue weighted by atomic mass is 16.2. The van der Waals surface area contributed by atoms with Gasteiger partial charge < -0.3 is 20.4 Å². The maximum atomic E-state index is 13.4. The van der Waals surface area contributed by atoms with Gasteiger partial charge in [0.15, 0.2) is 0 Å². The summed E-state index contributed by atoms with van der Waals surface area (Å²) in [6, 6.07) is 0. The van der Waals surface area contributed by atoms with Crippen LogP contribution in [0.1, 0.15) is 194 Å². The fourth-order valence-corrected chi connectivity index (χ4v) is 7.20. The molecule has 0 aromatic rings. The van der Waals surface area contributed by atoms with E-state index in [0.29, 0.717) is 39.3 Å². The van der Waals surface area contributed by atoms with E-state index < -0.39 is 0 Å². The molecule has 0 aromatic heterocycles. The second-order valence-corrected chi connectivity index (χ2v) is 15.4. The number of hydrogen-bond acceptors (Lipinski definition) is 5. The van der Waals surface area contributed by atoms with E-state index in [1.165, 1.54) is 167 Å². The zero-order valence-corrected chi connectivity index (χ0v) is 34.0. The molecule has 1 saturated heterocycles. The minimum absolute atomic E-state index is 0.179. The summed E-state index contributed by atoms with van der Waals surface area (Å²) in [5, 5.41) is 7.04. The Hall–Kier alpha value is -1.18. The summed E-state index contributed by atoms with van der Waals surface area (Å²) in [7, 11) is 0. The Morgan fingerprint density at radius 3 is 1.22 bits per heavy atom. The minimum Gasteiger partial charge on any atom is -0.338 e. The van der Waals surface area contributed by atoms with Gasteiger partial charge in [0.25, 0.3) is 0 Å². The Labute approximate surface area is 312 Å². The molecule has 0 saturated carbocycles. The summed E-state index contributed by atoms with van der Waals surface area (Å²) in [6.07, 6.45) is 36.1. The van der Waals surface area contributed by atoms with E-state index in [1.807, 2.05) is 9.80 Å². The van der Waals surface area contributed by atoms with Crippen molar-refractivity contribution in [1.29, 1.82) is 0 Å². The van der Waals surface area contributed by atoms with E-state index in [0.717, 1.165) is 39.1 Å². The van der Waals surface area contributed by atoms with Gasteiger partial charge in [0.1, 0.15) is 0 Å². The highest BCUT2D eigenvalue weighted by Gasteiger charge is 2.25. The van der Waals surface area contributed by atoms with E-state index >= 15 is 0 Å². The van der Waals surface area contributed by atoms with E-state index in [4.69, 9.17) is 0 Å². The number of piperazine rings is 1. The molecule has 1 heterocycles. The second kappa shape index (κ2) is 36.2. The van der Waals surface area contributed by atoms with Crippen LogP contribution in [-0.4, -0.2) is 98.5 Å². The Balaban J connectivity index is 2.24. The van der Waals surface area contributed by atoms with E-state index in [2.05, 4.69) is 36.3 Å². The first-order chi connectivity index (χ1) is 24.6. The van der Waals surface area contributed by atoms with Crippen molar-refractivity contribution < 1.29 is 9.59 Å². The molecule has 1 rings (SSSR count). The molecule has 7 nitrogen and oxygen atoms in total. The third-order valence-corrected chi connectivity index (χ3v) is 10.7. The van der Waals surface area contributed by atoms with Gasteiger partial charge in [0, 0.05) is 39.3 Å². The van der Waals surface area contributed by atoms with Crippen molar-refractivity contribution in [3.8, 4) is 0 Å². The standard InChI is InChI=1S/C43H87N5O2/c1-4-7-10-13-16-18-20-22-25-28-31-44-33-35-46(34-30-27-24-15-12-9-6-3)41-43(50)48-38-36-47(37-39-48)42(49)40-45-32-29-26-23-21-19-17-14-11-8-5-2/h44-45H,4-41H2,1-3H3.